The minimum Gasteiger partial charge on any atom is -0.400 e. The van der Waals surface area contributed by atoms with E-state index in [1.807, 2.05) is 59.0 Å². The summed E-state index contributed by atoms with van der Waals surface area (Å²) in [4.78, 5) is 55.2. The lowest BCUT2D eigenvalue weighted by atomic mass is 9.90. The van der Waals surface area contributed by atoms with Gasteiger partial charge in [-0.05, 0) is 36.2 Å². The maximum absolute atomic E-state index is 13.4. The highest BCUT2D eigenvalue weighted by Gasteiger charge is 2.33. The molecule has 1 fully saturated rings. The van der Waals surface area contributed by atoms with E-state index in [1.54, 1.807) is 35.6 Å². The molecule has 13 heteroatoms. The van der Waals surface area contributed by atoms with Crippen LogP contribution in [0.2, 0.25) is 0 Å². The fourth-order valence-corrected chi connectivity index (χ4v) is 5.64. The number of aldehydes is 1. The van der Waals surface area contributed by atoms with Crippen LogP contribution in [0.1, 0.15) is 66.8 Å². The third-order valence-corrected chi connectivity index (χ3v) is 8.74. The fraction of sp³-hybridized carbons (Fsp3) is 0.417. The normalized spacial score (nSPS) is 15.5. The van der Waals surface area contributed by atoms with Crippen LogP contribution in [0.3, 0.4) is 0 Å². The summed E-state index contributed by atoms with van der Waals surface area (Å²) in [5, 5.41) is 11.3. The van der Waals surface area contributed by atoms with Gasteiger partial charge in [0.1, 0.15) is 6.04 Å². The monoisotopic (exact) mass is 672 g/mol. The number of nitrogens with one attached hydrogen (secondary N) is 3. The molecule has 3 amide bonds. The molecular weight excluding hydrogens is 624 g/mol. The predicted molar refractivity (Wildman–Crippen MR) is 190 cm³/mol. The zero-order valence-electron chi connectivity index (χ0n) is 29.1. The molecule has 0 saturated carbocycles. The summed E-state index contributed by atoms with van der Waals surface area (Å²) in [7, 11) is 3.36. The fourth-order valence-electron chi connectivity index (χ4n) is 5.64. The number of imide groups is 1. The molecule has 1 atom stereocenters. The van der Waals surface area contributed by atoms with E-state index in [9.17, 15) is 19.2 Å². The number of rotatable bonds is 15. The number of carbonyl (C=O) groups is 4. The van der Waals surface area contributed by atoms with E-state index in [0.717, 1.165) is 22.2 Å². The van der Waals surface area contributed by atoms with Crippen molar-refractivity contribution < 1.29 is 23.9 Å². The highest BCUT2D eigenvalue weighted by atomic mass is 16.5. The minimum atomic E-state index is -0.799. The smallest absolute Gasteiger partial charge is 0.255 e. The van der Waals surface area contributed by atoms with Gasteiger partial charge in [-0.1, -0.05) is 45.9 Å². The zero-order chi connectivity index (χ0) is 35.9. The summed E-state index contributed by atoms with van der Waals surface area (Å²) in [6.07, 6.45) is 4.50. The lowest BCUT2D eigenvalue weighted by molar-refractivity contribution is -0.136. The van der Waals surface area contributed by atoms with Gasteiger partial charge in [-0.15, -0.1) is 0 Å². The molecule has 262 valence electrons. The van der Waals surface area contributed by atoms with Gasteiger partial charge in [-0.3, -0.25) is 29.5 Å². The standard InChI is InChI=1S/C36H48N8O5/c1-35(2,20-41-27-11-8-10-25(26(27)19-45)34(48)43(6)29-13-14-31(46)42-33(29)47)21-49-22-36(3,4)30(37)18-44(38)17-23-15-16-40-32-24(23)9-7-12-28(32)39-5/h7-12,15-16,18-19,29,39,41H,13-14,17,20-22,37-38H2,1-6H3,(H,42,46,47)/b30-18-. The topological polar surface area (TPSA) is 185 Å². The Bertz CT molecular complexity index is 1740. The molecule has 1 aromatic heterocycles. The average Bonchev–Trinajstić information content (AvgIpc) is 3.06. The molecule has 4 rings (SSSR count). The molecule has 1 aliphatic heterocycles. The van der Waals surface area contributed by atoms with E-state index in [1.165, 1.54) is 11.9 Å². The highest BCUT2D eigenvalue weighted by molar-refractivity contribution is 6.07. The van der Waals surface area contributed by atoms with Crippen LogP contribution >= 0.6 is 0 Å². The Morgan fingerprint density at radius 3 is 2.51 bits per heavy atom. The van der Waals surface area contributed by atoms with Gasteiger partial charge in [0, 0.05) is 67.1 Å². The molecule has 2 heterocycles. The molecular formula is C36H48N8O5. The van der Waals surface area contributed by atoms with Crippen LogP contribution in [0, 0.1) is 10.8 Å². The van der Waals surface area contributed by atoms with Crippen molar-refractivity contribution in [3.05, 3.63) is 77.2 Å². The molecule has 1 aliphatic rings. The highest BCUT2D eigenvalue weighted by Crippen LogP contribution is 2.28. The summed E-state index contributed by atoms with van der Waals surface area (Å²) >= 11 is 0. The number of anilines is 2. The van der Waals surface area contributed by atoms with E-state index in [0.29, 0.717) is 44.0 Å². The Kier molecular flexibility index (Phi) is 11.6. The number of carbonyl (C=O) groups excluding carboxylic acids is 4. The predicted octanol–water partition coefficient (Wildman–Crippen LogP) is 3.62. The number of nitrogens with zero attached hydrogens (tertiary/aromatic N) is 3. The number of piperidine rings is 1. The Labute approximate surface area is 287 Å². The lowest BCUT2D eigenvalue weighted by Gasteiger charge is -2.31. The van der Waals surface area contributed by atoms with Gasteiger partial charge in [0.05, 0.1) is 42.1 Å². The van der Waals surface area contributed by atoms with E-state index in [2.05, 4.69) is 20.9 Å². The van der Waals surface area contributed by atoms with Gasteiger partial charge in [-0.25, -0.2) is 5.84 Å². The Morgan fingerprint density at radius 2 is 1.82 bits per heavy atom. The summed E-state index contributed by atoms with van der Waals surface area (Å²) in [5.74, 6) is 5.01. The number of likely N-dealkylation sites (N-methyl/N-ethyl adjacent to an activating group) is 1. The van der Waals surface area contributed by atoms with Gasteiger partial charge < -0.3 is 31.0 Å². The number of aromatic nitrogens is 1. The van der Waals surface area contributed by atoms with E-state index < -0.39 is 23.3 Å². The van der Waals surface area contributed by atoms with Crippen molar-refractivity contribution in [3.63, 3.8) is 0 Å². The number of benzene rings is 2. The second-order valence-electron chi connectivity index (χ2n) is 13.8. The van der Waals surface area contributed by atoms with Crippen LogP contribution < -0.4 is 27.5 Å². The zero-order valence-corrected chi connectivity index (χ0v) is 29.1. The number of hydrogen-bond acceptors (Lipinski definition) is 11. The molecule has 13 nitrogen and oxygen atoms in total. The van der Waals surface area contributed by atoms with Crippen LogP contribution in [0.5, 0.6) is 0 Å². The number of amides is 3. The first-order valence-corrected chi connectivity index (χ1v) is 16.2. The van der Waals surface area contributed by atoms with Crippen LogP contribution in [0.25, 0.3) is 10.9 Å². The third-order valence-electron chi connectivity index (χ3n) is 8.74. The van der Waals surface area contributed by atoms with Crippen molar-refractivity contribution in [3.8, 4) is 0 Å². The van der Waals surface area contributed by atoms with E-state index >= 15 is 0 Å². The van der Waals surface area contributed by atoms with Crippen LogP contribution in [-0.2, 0) is 20.9 Å². The SMILES string of the molecule is CNc1cccc2c(CN(N)/C=C(\N)C(C)(C)COCC(C)(C)CNc3cccc(C(=O)N(C)C4CCC(=O)NC4=O)c3C=O)ccnc12. The van der Waals surface area contributed by atoms with Crippen molar-refractivity contribution in [2.45, 2.75) is 53.1 Å². The maximum atomic E-state index is 13.4. The van der Waals surface area contributed by atoms with Gasteiger partial charge in [0.2, 0.25) is 11.8 Å². The summed E-state index contributed by atoms with van der Waals surface area (Å²) in [5.41, 5.74) is 9.89. The largest absolute Gasteiger partial charge is 0.400 e. The Hall–Kier alpha value is -5.01. The van der Waals surface area contributed by atoms with Crippen LogP contribution in [-0.4, -0.2) is 78.8 Å². The molecule has 0 spiro atoms. The van der Waals surface area contributed by atoms with Gasteiger partial charge in [-0.2, -0.15) is 0 Å². The van der Waals surface area contributed by atoms with E-state index in [-0.39, 0.29) is 35.3 Å². The number of hydrazine groups is 1. The molecule has 0 bridgehead atoms. The summed E-state index contributed by atoms with van der Waals surface area (Å²) in [6.45, 7) is 9.63. The number of hydrogen-bond donors (Lipinski definition) is 5. The second-order valence-corrected chi connectivity index (χ2v) is 13.8. The molecule has 0 radical (unpaired) electrons. The maximum Gasteiger partial charge on any atom is 0.255 e. The van der Waals surface area contributed by atoms with Gasteiger partial charge in [0.15, 0.2) is 6.29 Å². The van der Waals surface area contributed by atoms with E-state index in [4.69, 9.17) is 16.3 Å². The number of ether oxygens (including phenoxy) is 1. The molecule has 49 heavy (non-hydrogen) atoms. The summed E-state index contributed by atoms with van der Waals surface area (Å²) in [6, 6.07) is 12.1. The summed E-state index contributed by atoms with van der Waals surface area (Å²) < 4.78 is 6.16. The molecule has 2 aromatic carbocycles. The Balaban J connectivity index is 1.34. The van der Waals surface area contributed by atoms with Crippen molar-refractivity contribution >= 4 is 46.3 Å². The quantitative estimate of drug-likeness (QED) is 0.0688. The van der Waals surface area contributed by atoms with Crippen LogP contribution in [0.4, 0.5) is 11.4 Å². The molecule has 7 N–H and O–H groups in total. The molecule has 1 unspecified atom stereocenters. The number of pyridine rings is 1. The minimum absolute atomic E-state index is 0.140. The first kappa shape index (κ1) is 36.8. The van der Waals surface area contributed by atoms with Crippen LogP contribution in [0.15, 0.2) is 60.6 Å². The number of nitrogens with two attached hydrogens (primary N) is 2. The average molecular weight is 673 g/mol. The Morgan fingerprint density at radius 1 is 1.10 bits per heavy atom. The lowest BCUT2D eigenvalue weighted by Crippen LogP contribution is -2.53. The van der Waals surface area contributed by atoms with Crippen molar-refractivity contribution in [1.29, 1.82) is 0 Å². The molecule has 3 aromatic rings. The van der Waals surface area contributed by atoms with Gasteiger partial charge >= 0.3 is 0 Å². The molecule has 1 saturated heterocycles. The number of para-hydroxylation sites is 1. The molecule has 0 aliphatic carbocycles. The number of fused-ring (bicyclic) bond motifs is 1. The first-order chi connectivity index (χ1) is 23.2. The van der Waals surface area contributed by atoms with Gasteiger partial charge in [0.25, 0.3) is 5.91 Å². The second kappa shape index (κ2) is 15.5. The first-order valence-electron chi connectivity index (χ1n) is 16.2. The van der Waals surface area contributed by atoms with Crippen molar-refractivity contribution in [2.75, 3.05) is 44.5 Å². The van der Waals surface area contributed by atoms with Crippen molar-refractivity contribution in [2.24, 2.45) is 22.4 Å². The third kappa shape index (κ3) is 8.92. The van der Waals surface area contributed by atoms with Crippen molar-refractivity contribution in [1.82, 2.24) is 20.2 Å².